The Morgan fingerprint density at radius 3 is 2.48 bits per heavy atom. The van der Waals surface area contributed by atoms with Gasteiger partial charge in [-0.15, -0.1) is 5.73 Å². The zero-order chi connectivity index (χ0) is 22.0. The van der Waals surface area contributed by atoms with Gasteiger partial charge in [0.1, 0.15) is 0 Å². The Labute approximate surface area is 182 Å². The van der Waals surface area contributed by atoms with Crippen molar-refractivity contribution in [3.05, 3.63) is 105 Å². The van der Waals surface area contributed by atoms with Crippen molar-refractivity contribution in [2.45, 2.75) is 19.0 Å². The van der Waals surface area contributed by atoms with Crippen LogP contribution < -0.4 is 5.32 Å². The molecule has 0 aliphatic heterocycles. The standard InChI is InChI=1S/C25H17ClF3NO/c26-19-11-13-22-18(15-19)10-9-17-5-1-2-7-21(17)23(22)12-8-16-4-3-6-20(14-16)30-24(31)25(27,28)29/h1-8,11,13-15H,9-10H2,(H,30,31). The number of nitrogens with one attached hydrogen (secondary N) is 1. The SMILES string of the molecule is O=C(Nc1cccc(C=C=C2c3ccccc3CCc3cc(Cl)ccc32)c1)C(F)(F)F. The summed E-state index contributed by atoms with van der Waals surface area (Å²) < 4.78 is 37.6. The van der Waals surface area contributed by atoms with E-state index in [9.17, 15) is 18.0 Å². The van der Waals surface area contributed by atoms with Crippen LogP contribution in [0.1, 0.15) is 27.8 Å². The van der Waals surface area contributed by atoms with E-state index in [1.54, 1.807) is 18.2 Å². The number of hydrogen-bond donors (Lipinski definition) is 1. The van der Waals surface area contributed by atoms with Gasteiger partial charge in [-0.3, -0.25) is 4.79 Å². The van der Waals surface area contributed by atoms with Crippen molar-refractivity contribution < 1.29 is 18.0 Å². The molecule has 1 aliphatic carbocycles. The van der Waals surface area contributed by atoms with E-state index in [1.165, 1.54) is 17.7 Å². The molecule has 0 saturated heterocycles. The molecule has 0 bridgehead atoms. The summed E-state index contributed by atoms with van der Waals surface area (Å²) in [6.45, 7) is 0. The minimum absolute atomic E-state index is 0.0660. The number of hydrogen-bond acceptors (Lipinski definition) is 1. The van der Waals surface area contributed by atoms with Crippen LogP contribution in [0.3, 0.4) is 0 Å². The van der Waals surface area contributed by atoms with E-state index < -0.39 is 12.1 Å². The molecule has 0 atom stereocenters. The quantitative estimate of drug-likeness (QED) is 0.443. The summed E-state index contributed by atoms with van der Waals surface area (Å²) in [5.74, 6) is -2.00. The van der Waals surface area contributed by atoms with Gasteiger partial charge < -0.3 is 5.32 Å². The van der Waals surface area contributed by atoms with Crippen LogP contribution in [0.5, 0.6) is 0 Å². The first-order chi connectivity index (χ1) is 14.8. The molecule has 0 radical (unpaired) electrons. The average Bonchev–Trinajstić information content (AvgIpc) is 2.88. The minimum atomic E-state index is -4.94. The molecule has 3 aromatic carbocycles. The van der Waals surface area contributed by atoms with Crippen LogP contribution in [-0.4, -0.2) is 12.1 Å². The molecule has 31 heavy (non-hydrogen) atoms. The Bertz CT molecular complexity index is 1220. The van der Waals surface area contributed by atoms with Crippen molar-refractivity contribution in [1.29, 1.82) is 0 Å². The van der Waals surface area contributed by atoms with E-state index in [2.05, 4.69) is 11.8 Å². The highest BCUT2D eigenvalue weighted by atomic mass is 35.5. The van der Waals surface area contributed by atoms with Gasteiger partial charge >= 0.3 is 12.1 Å². The summed E-state index contributed by atoms with van der Waals surface area (Å²) in [7, 11) is 0. The van der Waals surface area contributed by atoms with Crippen LogP contribution in [0.25, 0.3) is 11.6 Å². The molecule has 3 aromatic rings. The first-order valence-corrected chi connectivity index (χ1v) is 10.0. The van der Waals surface area contributed by atoms with E-state index in [4.69, 9.17) is 11.6 Å². The Hall–Kier alpha value is -3.27. The summed E-state index contributed by atoms with van der Waals surface area (Å²) in [6.07, 6.45) is -1.52. The molecule has 0 fully saturated rings. The smallest absolute Gasteiger partial charge is 0.318 e. The molecule has 1 amide bonds. The summed E-state index contributed by atoms with van der Waals surface area (Å²) in [4.78, 5) is 11.2. The number of alkyl halides is 3. The Morgan fingerprint density at radius 1 is 0.935 bits per heavy atom. The summed E-state index contributed by atoms with van der Waals surface area (Å²) in [5.41, 5.74) is 9.29. The molecule has 1 aliphatic rings. The number of anilines is 1. The van der Waals surface area contributed by atoms with Crippen LogP contribution >= 0.6 is 11.6 Å². The number of halogens is 4. The van der Waals surface area contributed by atoms with E-state index >= 15 is 0 Å². The van der Waals surface area contributed by atoms with Gasteiger partial charge in [0.25, 0.3) is 0 Å². The summed E-state index contributed by atoms with van der Waals surface area (Å²) in [5, 5.41) is 2.54. The summed E-state index contributed by atoms with van der Waals surface area (Å²) in [6, 6.07) is 20.0. The third kappa shape index (κ3) is 4.74. The zero-order valence-electron chi connectivity index (χ0n) is 16.3. The van der Waals surface area contributed by atoms with E-state index in [0.29, 0.717) is 10.6 Å². The lowest BCUT2D eigenvalue weighted by Crippen LogP contribution is -2.29. The number of fused-ring (bicyclic) bond motifs is 2. The molecule has 6 heteroatoms. The van der Waals surface area contributed by atoms with Gasteiger partial charge in [-0.25, -0.2) is 0 Å². The number of carbonyl (C=O) groups is 1. The molecule has 156 valence electrons. The first kappa shape index (κ1) is 21.0. The predicted molar refractivity (Wildman–Crippen MR) is 117 cm³/mol. The first-order valence-electron chi connectivity index (χ1n) is 9.63. The highest BCUT2D eigenvalue weighted by Crippen LogP contribution is 2.34. The summed E-state index contributed by atoms with van der Waals surface area (Å²) >= 11 is 6.20. The van der Waals surface area contributed by atoms with Crippen molar-refractivity contribution in [1.82, 2.24) is 0 Å². The normalized spacial score (nSPS) is 12.8. The lowest BCUT2D eigenvalue weighted by Gasteiger charge is -2.10. The lowest BCUT2D eigenvalue weighted by atomic mass is 9.94. The second-order valence-electron chi connectivity index (χ2n) is 7.20. The second kappa shape index (κ2) is 8.46. The van der Waals surface area contributed by atoms with Crippen molar-refractivity contribution in [2.75, 3.05) is 5.32 Å². The number of aryl methyl sites for hydroxylation is 2. The lowest BCUT2D eigenvalue weighted by molar-refractivity contribution is -0.167. The topological polar surface area (TPSA) is 29.1 Å². The van der Waals surface area contributed by atoms with Crippen LogP contribution in [0.4, 0.5) is 18.9 Å². The second-order valence-corrected chi connectivity index (χ2v) is 7.64. The Morgan fingerprint density at radius 2 is 1.68 bits per heavy atom. The van der Waals surface area contributed by atoms with Crippen molar-refractivity contribution in [3.8, 4) is 0 Å². The average molecular weight is 440 g/mol. The highest BCUT2D eigenvalue weighted by Gasteiger charge is 2.38. The van der Waals surface area contributed by atoms with Crippen molar-refractivity contribution >= 4 is 34.8 Å². The molecule has 0 spiro atoms. The van der Waals surface area contributed by atoms with Crippen LogP contribution in [0.2, 0.25) is 5.02 Å². The molecule has 0 heterocycles. The number of carbonyl (C=O) groups excluding carboxylic acids is 1. The van der Waals surface area contributed by atoms with Gasteiger partial charge in [-0.05, 0) is 71.0 Å². The van der Waals surface area contributed by atoms with Gasteiger partial charge in [0.05, 0.1) is 0 Å². The molecular weight excluding hydrogens is 423 g/mol. The molecule has 0 saturated carbocycles. The van der Waals surface area contributed by atoms with Crippen LogP contribution in [-0.2, 0) is 17.6 Å². The predicted octanol–water partition coefficient (Wildman–Crippen LogP) is 6.68. The van der Waals surface area contributed by atoms with E-state index in [1.807, 2.05) is 41.7 Å². The molecule has 2 nitrogen and oxygen atoms in total. The Kier molecular flexibility index (Phi) is 5.73. The fourth-order valence-corrected chi connectivity index (χ4v) is 3.82. The number of rotatable bonds is 2. The fraction of sp³-hybridized carbons (Fsp3) is 0.120. The van der Waals surface area contributed by atoms with Crippen LogP contribution in [0, 0.1) is 0 Å². The van der Waals surface area contributed by atoms with Gasteiger partial charge in [0.2, 0.25) is 0 Å². The molecule has 1 N–H and O–H groups in total. The maximum Gasteiger partial charge on any atom is 0.471 e. The third-order valence-electron chi connectivity index (χ3n) is 5.07. The fourth-order valence-electron chi connectivity index (χ4n) is 3.63. The molecule has 0 unspecified atom stereocenters. The minimum Gasteiger partial charge on any atom is -0.318 e. The molecule has 4 rings (SSSR count). The number of benzene rings is 3. The van der Waals surface area contributed by atoms with Gasteiger partial charge in [0.15, 0.2) is 0 Å². The molecule has 0 aromatic heterocycles. The monoisotopic (exact) mass is 439 g/mol. The van der Waals surface area contributed by atoms with Crippen molar-refractivity contribution in [3.63, 3.8) is 0 Å². The Balaban J connectivity index is 1.78. The van der Waals surface area contributed by atoms with E-state index in [-0.39, 0.29) is 5.69 Å². The van der Waals surface area contributed by atoms with Gasteiger partial charge in [0, 0.05) is 16.3 Å². The van der Waals surface area contributed by atoms with Crippen molar-refractivity contribution in [2.24, 2.45) is 0 Å². The highest BCUT2D eigenvalue weighted by molar-refractivity contribution is 6.30. The van der Waals surface area contributed by atoms with Crippen LogP contribution in [0.15, 0.2) is 72.5 Å². The van der Waals surface area contributed by atoms with E-state index in [0.717, 1.165) is 35.1 Å². The third-order valence-corrected chi connectivity index (χ3v) is 5.31. The maximum atomic E-state index is 12.5. The maximum absolute atomic E-state index is 12.5. The largest absolute Gasteiger partial charge is 0.471 e. The number of amides is 1. The molecular formula is C25H17ClF3NO. The van der Waals surface area contributed by atoms with Gasteiger partial charge in [-0.2, -0.15) is 13.2 Å². The van der Waals surface area contributed by atoms with Gasteiger partial charge in [-0.1, -0.05) is 54.1 Å². The zero-order valence-corrected chi connectivity index (χ0v) is 17.0.